The second-order valence-electron chi connectivity index (χ2n) is 15.4. The van der Waals surface area contributed by atoms with Crippen LogP contribution in [0.2, 0.25) is 0 Å². The second kappa shape index (κ2) is 17.2. The van der Waals surface area contributed by atoms with Gasteiger partial charge in [-0.1, -0.05) is 72.3 Å². The van der Waals surface area contributed by atoms with Crippen LogP contribution >= 0.6 is 0 Å². The van der Waals surface area contributed by atoms with Gasteiger partial charge in [-0.05, 0) is 77.2 Å². The van der Waals surface area contributed by atoms with Crippen LogP contribution in [0.1, 0.15) is 25.0 Å². The van der Waals surface area contributed by atoms with Gasteiger partial charge in [-0.2, -0.15) is 35.0 Å². The van der Waals surface area contributed by atoms with Gasteiger partial charge in [0.1, 0.15) is 11.6 Å². The maximum atomic E-state index is 6.58. The van der Waals surface area contributed by atoms with Crippen molar-refractivity contribution in [2.45, 2.75) is 26.7 Å². The van der Waals surface area contributed by atoms with Crippen molar-refractivity contribution in [3.05, 3.63) is 188 Å². The van der Waals surface area contributed by atoms with E-state index in [9.17, 15) is 0 Å². The summed E-state index contributed by atoms with van der Waals surface area (Å²) in [4.78, 5) is 18.9. The van der Waals surface area contributed by atoms with Crippen molar-refractivity contribution < 1.29 is 51.6 Å². The summed E-state index contributed by atoms with van der Waals surface area (Å²) >= 11 is 0. The Morgan fingerprint density at radius 3 is 1.20 bits per heavy atom. The molecule has 12 aromatic rings. The van der Waals surface area contributed by atoms with Gasteiger partial charge in [0.2, 0.25) is 5.95 Å². The third-order valence-corrected chi connectivity index (χ3v) is 11.7. The maximum Gasteiger partial charge on any atom is 2.00 e. The van der Waals surface area contributed by atoms with Crippen LogP contribution in [0, 0.1) is 24.3 Å². The molecule has 0 amide bonds. The molecular formula is C54H35N7O2Pt2. The molecular weight excluding hydrogens is 1170 g/mol. The van der Waals surface area contributed by atoms with Gasteiger partial charge in [0.15, 0.2) is 0 Å². The molecule has 65 heavy (non-hydrogen) atoms. The number of fused-ring (bicyclic) bond motifs is 9. The van der Waals surface area contributed by atoms with Crippen LogP contribution in [0.4, 0.5) is 0 Å². The molecule has 0 aliphatic carbocycles. The number of aryl methyl sites for hydroxylation is 2. The van der Waals surface area contributed by atoms with Crippen LogP contribution in [0.3, 0.4) is 0 Å². The van der Waals surface area contributed by atoms with E-state index in [1.54, 1.807) is 18.5 Å². The van der Waals surface area contributed by atoms with E-state index in [2.05, 4.69) is 142 Å². The van der Waals surface area contributed by atoms with E-state index in [1.165, 1.54) is 11.1 Å². The quantitative estimate of drug-likeness (QED) is 0.134. The monoisotopic (exact) mass is 1200 g/mol. The average molecular weight is 1200 g/mol. The molecule has 0 saturated heterocycles. The molecule has 0 spiro atoms. The van der Waals surface area contributed by atoms with Crippen molar-refractivity contribution in [1.82, 2.24) is 33.6 Å². The number of pyridine rings is 2. The molecule has 0 saturated carbocycles. The fourth-order valence-electron chi connectivity index (χ4n) is 8.74. The first-order valence-electron chi connectivity index (χ1n) is 21.0. The van der Waals surface area contributed by atoms with Crippen molar-refractivity contribution in [2.24, 2.45) is 0 Å². The van der Waals surface area contributed by atoms with Crippen LogP contribution in [0.5, 0.6) is 23.0 Å². The van der Waals surface area contributed by atoms with E-state index in [4.69, 9.17) is 19.4 Å². The SMILES string of the molecule is CCc1ccnc(-n2c3[c-]c(Oc4[c-]c5c(cc4)c4ccc(Oc6[c-]c7c(cc6)c6ccccc6n7-c6cc(CC)ccn6)[c-]c4n5-c4ncccn4)ccc3c3ccccc32)c1.[Pt+2].[Pt+2]. The third-order valence-electron chi connectivity index (χ3n) is 11.7. The molecule has 318 valence electrons. The molecule has 0 bridgehead atoms. The van der Waals surface area contributed by atoms with Gasteiger partial charge in [0, 0.05) is 58.8 Å². The minimum Gasteiger partial charge on any atom is -0.509 e. The Bertz CT molecular complexity index is 3520. The van der Waals surface area contributed by atoms with Crippen LogP contribution in [-0.2, 0) is 55.0 Å². The van der Waals surface area contributed by atoms with E-state index in [0.29, 0.717) is 28.9 Å². The van der Waals surface area contributed by atoms with E-state index < -0.39 is 0 Å². The molecule has 0 aliphatic rings. The first-order chi connectivity index (χ1) is 31.1. The second-order valence-corrected chi connectivity index (χ2v) is 15.4. The van der Waals surface area contributed by atoms with Gasteiger partial charge in [-0.25, -0.2) is 19.9 Å². The zero-order valence-electron chi connectivity index (χ0n) is 34.9. The third kappa shape index (κ3) is 7.20. The molecule has 9 nitrogen and oxygen atoms in total. The number of benzene rings is 6. The predicted molar refractivity (Wildman–Crippen MR) is 248 cm³/mol. The number of hydrogen-bond donors (Lipinski definition) is 0. The number of rotatable bonds is 9. The Morgan fingerprint density at radius 1 is 0.400 bits per heavy atom. The summed E-state index contributed by atoms with van der Waals surface area (Å²) in [5.74, 6) is 4.28. The van der Waals surface area contributed by atoms with Crippen molar-refractivity contribution in [3.8, 4) is 40.6 Å². The van der Waals surface area contributed by atoms with Gasteiger partial charge < -0.3 is 23.2 Å². The maximum absolute atomic E-state index is 6.58. The molecule has 11 heteroatoms. The van der Waals surface area contributed by atoms with Crippen LogP contribution in [0.15, 0.2) is 152 Å². The van der Waals surface area contributed by atoms with E-state index >= 15 is 0 Å². The Labute approximate surface area is 402 Å². The fraction of sp³-hybridized carbons (Fsp3) is 0.0741. The summed E-state index contributed by atoms with van der Waals surface area (Å²) in [6.45, 7) is 4.30. The molecule has 0 aliphatic heterocycles. The average Bonchev–Trinajstić information content (AvgIpc) is 3.96. The number of aromatic nitrogens is 7. The van der Waals surface area contributed by atoms with E-state index in [-0.39, 0.29) is 42.1 Å². The predicted octanol–water partition coefficient (Wildman–Crippen LogP) is 12.5. The first-order valence-corrected chi connectivity index (χ1v) is 21.0. The van der Waals surface area contributed by atoms with E-state index in [1.807, 2.05) is 53.4 Å². The number of ether oxygens (including phenoxy) is 2. The van der Waals surface area contributed by atoms with Crippen molar-refractivity contribution in [2.75, 3.05) is 0 Å². The molecule has 0 N–H and O–H groups in total. The minimum absolute atomic E-state index is 0. The van der Waals surface area contributed by atoms with E-state index in [0.717, 1.165) is 89.9 Å². The van der Waals surface area contributed by atoms with Gasteiger partial charge in [0.05, 0.1) is 0 Å². The standard InChI is InChI=1S/C54H35N7O2.2Pt/c1-3-34-22-26-55-52(28-34)59-46-12-7-5-10-40(46)42-18-14-36(30-48(42)59)62-38-16-20-44-45-21-17-39(33-51(45)61(50(44)32-38)54-57-24-9-25-58-54)63-37-15-19-43-41-11-6-8-13-47(41)60(49(43)31-37)53-29-35(4-2)23-27-56-53;;/h5-29H,3-4H2,1-2H3;;/q-4;2*+2. The summed E-state index contributed by atoms with van der Waals surface area (Å²) in [7, 11) is 0. The Morgan fingerprint density at radius 2 is 0.785 bits per heavy atom. The molecule has 6 aromatic carbocycles. The van der Waals surface area contributed by atoms with Crippen LogP contribution in [0.25, 0.3) is 83.0 Å². The number of nitrogens with zero attached hydrogens (tertiary/aromatic N) is 7. The van der Waals surface area contributed by atoms with Crippen LogP contribution < -0.4 is 9.47 Å². The molecule has 6 aromatic heterocycles. The van der Waals surface area contributed by atoms with Crippen molar-refractivity contribution >= 4 is 65.4 Å². The molecule has 0 fully saturated rings. The molecule has 0 radical (unpaired) electrons. The molecule has 12 rings (SSSR count). The van der Waals surface area contributed by atoms with Gasteiger partial charge in [-0.15, -0.1) is 59.3 Å². The number of hydrogen-bond acceptors (Lipinski definition) is 6. The first kappa shape index (κ1) is 42.1. The Hall–Kier alpha value is -6.92. The number of para-hydroxylation sites is 2. The molecule has 0 unspecified atom stereocenters. The smallest absolute Gasteiger partial charge is 0.509 e. The summed E-state index contributed by atoms with van der Waals surface area (Å²) in [5, 5.41) is 6.25. The summed E-state index contributed by atoms with van der Waals surface area (Å²) in [6.07, 6.45) is 9.01. The largest absolute Gasteiger partial charge is 2.00 e. The Kier molecular flexibility index (Phi) is 11.1. The normalized spacial score (nSPS) is 11.4. The van der Waals surface area contributed by atoms with Gasteiger partial charge in [-0.3, -0.25) is 0 Å². The van der Waals surface area contributed by atoms with Crippen molar-refractivity contribution in [3.63, 3.8) is 0 Å². The van der Waals surface area contributed by atoms with Crippen molar-refractivity contribution in [1.29, 1.82) is 0 Å². The topological polar surface area (TPSA) is 84.8 Å². The molecule has 6 heterocycles. The van der Waals surface area contributed by atoms with Crippen LogP contribution in [-0.4, -0.2) is 33.6 Å². The molecule has 0 atom stereocenters. The van der Waals surface area contributed by atoms with Gasteiger partial charge in [0.25, 0.3) is 0 Å². The summed E-state index contributed by atoms with van der Waals surface area (Å²) < 4.78 is 19.4. The summed E-state index contributed by atoms with van der Waals surface area (Å²) in [6, 6.07) is 57.1. The fourth-order valence-corrected chi connectivity index (χ4v) is 8.74. The zero-order valence-corrected chi connectivity index (χ0v) is 39.5. The van der Waals surface area contributed by atoms with Gasteiger partial charge >= 0.3 is 42.1 Å². The summed E-state index contributed by atoms with van der Waals surface area (Å²) in [5.41, 5.74) is 7.75. The zero-order chi connectivity index (χ0) is 42.0. The minimum atomic E-state index is 0. The Balaban J connectivity index is 0.00000249.